The number of aliphatic hydroxyl groups is 2. The summed E-state index contributed by atoms with van der Waals surface area (Å²) in [6.45, 7) is 4.64. The Bertz CT molecular complexity index is 1270. The van der Waals surface area contributed by atoms with Crippen molar-refractivity contribution < 1.29 is 42.5 Å². The summed E-state index contributed by atoms with van der Waals surface area (Å²) in [4.78, 5) is 38.1. The van der Waals surface area contributed by atoms with Gasteiger partial charge in [-0.25, -0.2) is 13.8 Å². The highest BCUT2D eigenvalue weighted by atomic mass is 31.2. The van der Waals surface area contributed by atoms with E-state index in [-0.39, 0.29) is 5.75 Å². The van der Waals surface area contributed by atoms with Gasteiger partial charge < -0.3 is 24.2 Å². The van der Waals surface area contributed by atoms with Crippen molar-refractivity contribution in [3.63, 3.8) is 0 Å². The summed E-state index contributed by atoms with van der Waals surface area (Å²) in [6.07, 6.45) is -6.32. The molecule has 0 aliphatic carbocycles. The molecule has 1 unspecified atom stereocenters. The first-order chi connectivity index (χ1) is 17.8. The molecule has 14 heteroatoms. The fraction of sp³-hybridized carbons (Fsp3) is 0.542. The second kappa shape index (κ2) is 11.9. The van der Waals surface area contributed by atoms with Crippen LogP contribution in [0.25, 0.3) is 0 Å². The summed E-state index contributed by atoms with van der Waals surface area (Å²) in [5.41, 5.74) is -4.35. The van der Waals surface area contributed by atoms with Gasteiger partial charge in [0.05, 0.1) is 24.3 Å². The van der Waals surface area contributed by atoms with Crippen molar-refractivity contribution in [2.45, 2.75) is 63.9 Å². The first-order valence-electron chi connectivity index (χ1n) is 12.0. The predicted molar refractivity (Wildman–Crippen MR) is 133 cm³/mol. The molecular formula is C24H32FN2O10P. The maximum Gasteiger partial charge on any atom is 0.380 e. The second-order valence-corrected chi connectivity index (χ2v) is 11.4. The summed E-state index contributed by atoms with van der Waals surface area (Å²) in [5.74, 6) is -1.36. The fourth-order valence-electron chi connectivity index (χ4n) is 4.02. The quantitative estimate of drug-likeness (QED) is 0.273. The number of esters is 1. The predicted octanol–water partition coefficient (Wildman–Crippen LogP) is 1.76. The highest BCUT2D eigenvalue weighted by Gasteiger charge is 2.59. The van der Waals surface area contributed by atoms with Crippen LogP contribution in [0, 0.1) is 5.92 Å². The second-order valence-electron chi connectivity index (χ2n) is 9.44. The van der Waals surface area contributed by atoms with Crippen LogP contribution in [0.5, 0.6) is 5.75 Å². The molecule has 0 spiro atoms. The van der Waals surface area contributed by atoms with Gasteiger partial charge in [-0.2, -0.15) is 0 Å². The molecule has 0 amide bonds. The molecular weight excluding hydrogens is 526 g/mol. The minimum Gasteiger partial charge on any atom is -0.463 e. The average Bonchev–Trinajstić information content (AvgIpc) is 3.10. The third-order valence-corrected chi connectivity index (χ3v) is 8.02. The third kappa shape index (κ3) is 6.59. The molecule has 3 N–H and O–H groups in total. The lowest BCUT2D eigenvalue weighted by Gasteiger charge is -2.30. The Hall–Kier alpha value is -2.83. The van der Waals surface area contributed by atoms with E-state index in [4.69, 9.17) is 18.5 Å². The number of ether oxygens (including phenoxy) is 2. The molecule has 1 fully saturated rings. The number of halogens is 1. The Kier molecular flexibility index (Phi) is 9.32. The van der Waals surface area contributed by atoms with Crippen LogP contribution >= 0.6 is 7.60 Å². The lowest BCUT2D eigenvalue weighted by Crippen LogP contribution is -2.51. The van der Waals surface area contributed by atoms with Gasteiger partial charge in [-0.3, -0.25) is 23.7 Å². The van der Waals surface area contributed by atoms with Crippen LogP contribution in [0.3, 0.4) is 0 Å². The molecule has 12 nitrogen and oxygen atoms in total. The standard InChI is InChI=1S/C24H32FN2O10P/c1-14(2)34-21(30)15(3)12-38(33,37-17-8-6-5-7-9-17)36-16(4)19-20(29)24(32,13-25)22(35-19)27-11-10-18(28)26-23(27)31/h5-11,14-16,19-20,22,29,32H,12-13H2,1-4H3,(H,26,28,31)/t15-,16+,19-,20+,22-,24?,38+/m1/s1. The molecule has 2 heterocycles. The van der Waals surface area contributed by atoms with Gasteiger partial charge in [0.15, 0.2) is 11.8 Å². The summed E-state index contributed by atoms with van der Waals surface area (Å²) < 4.78 is 51.0. The van der Waals surface area contributed by atoms with E-state index in [2.05, 4.69) is 0 Å². The lowest BCUT2D eigenvalue weighted by atomic mass is 9.93. The topological polar surface area (TPSA) is 166 Å². The van der Waals surface area contributed by atoms with Gasteiger partial charge in [0, 0.05) is 12.3 Å². The zero-order valence-corrected chi connectivity index (χ0v) is 22.2. The molecule has 1 aliphatic heterocycles. The maximum atomic E-state index is 14.1. The minimum atomic E-state index is -4.17. The van der Waals surface area contributed by atoms with Gasteiger partial charge in [-0.05, 0) is 32.9 Å². The largest absolute Gasteiger partial charge is 0.463 e. The maximum absolute atomic E-state index is 14.1. The first kappa shape index (κ1) is 29.7. The number of carbonyl (C=O) groups excluding carboxylic acids is 1. The number of benzene rings is 1. The van der Waals surface area contributed by atoms with Gasteiger partial charge in [0.25, 0.3) is 5.56 Å². The molecule has 1 aromatic heterocycles. The fourth-order valence-corrected chi connectivity index (χ4v) is 6.11. The molecule has 1 aromatic carbocycles. The average molecular weight is 558 g/mol. The molecule has 0 bridgehead atoms. The van der Waals surface area contributed by atoms with Crippen molar-refractivity contribution in [2.75, 3.05) is 12.8 Å². The molecule has 1 aliphatic rings. The van der Waals surface area contributed by atoms with E-state index in [1.54, 1.807) is 32.0 Å². The third-order valence-electron chi connectivity index (χ3n) is 5.88. The molecule has 210 valence electrons. The Labute approximate surface area is 217 Å². The number of para-hydroxylation sites is 1. The Morgan fingerprint density at radius 3 is 2.45 bits per heavy atom. The number of aromatic nitrogens is 2. The van der Waals surface area contributed by atoms with Crippen molar-refractivity contribution >= 4 is 13.6 Å². The van der Waals surface area contributed by atoms with Gasteiger partial charge in [-0.15, -0.1) is 0 Å². The van der Waals surface area contributed by atoms with Crippen LogP contribution in [0.15, 0.2) is 52.2 Å². The number of aromatic amines is 1. The highest BCUT2D eigenvalue weighted by Crippen LogP contribution is 2.53. The molecule has 3 rings (SSSR count). The van der Waals surface area contributed by atoms with Crippen LogP contribution in [0.4, 0.5) is 4.39 Å². The van der Waals surface area contributed by atoms with Gasteiger partial charge >= 0.3 is 19.3 Å². The molecule has 38 heavy (non-hydrogen) atoms. The summed E-state index contributed by atoms with van der Waals surface area (Å²) in [6, 6.07) is 9.00. The number of alkyl halides is 1. The van der Waals surface area contributed by atoms with E-state index in [1.807, 2.05) is 4.98 Å². The van der Waals surface area contributed by atoms with Crippen molar-refractivity contribution in [1.82, 2.24) is 9.55 Å². The van der Waals surface area contributed by atoms with Crippen LogP contribution in [0.1, 0.15) is 33.9 Å². The number of rotatable bonds is 11. The first-order valence-corrected chi connectivity index (χ1v) is 13.7. The summed E-state index contributed by atoms with van der Waals surface area (Å²) in [7, 11) is -4.17. The van der Waals surface area contributed by atoms with Gasteiger partial charge in [0.1, 0.15) is 24.6 Å². The number of H-pyrrole nitrogens is 1. The van der Waals surface area contributed by atoms with Crippen LogP contribution in [0.2, 0.25) is 0 Å². The smallest absolute Gasteiger partial charge is 0.380 e. The van der Waals surface area contributed by atoms with Crippen LogP contribution in [-0.2, 0) is 23.4 Å². The van der Waals surface area contributed by atoms with E-state index in [0.717, 1.165) is 16.8 Å². The van der Waals surface area contributed by atoms with E-state index >= 15 is 0 Å². The molecule has 1 saturated heterocycles. The van der Waals surface area contributed by atoms with E-state index in [9.17, 15) is 33.6 Å². The van der Waals surface area contributed by atoms with E-state index < -0.39 is 79.8 Å². The van der Waals surface area contributed by atoms with Crippen LogP contribution in [-0.4, -0.2) is 68.6 Å². The van der Waals surface area contributed by atoms with Gasteiger partial charge in [0.2, 0.25) is 0 Å². The monoisotopic (exact) mass is 558 g/mol. The summed E-state index contributed by atoms with van der Waals surface area (Å²) >= 11 is 0. The Morgan fingerprint density at radius 2 is 1.87 bits per heavy atom. The van der Waals surface area contributed by atoms with Crippen LogP contribution < -0.4 is 15.8 Å². The Morgan fingerprint density at radius 1 is 1.21 bits per heavy atom. The zero-order valence-electron chi connectivity index (χ0n) is 21.4. The normalized spacial score (nSPS) is 26.5. The van der Waals surface area contributed by atoms with Gasteiger partial charge in [-0.1, -0.05) is 25.1 Å². The number of aliphatic hydroxyl groups excluding tert-OH is 1. The minimum absolute atomic E-state index is 0.179. The summed E-state index contributed by atoms with van der Waals surface area (Å²) in [5, 5.41) is 21.7. The van der Waals surface area contributed by atoms with E-state index in [0.29, 0.717) is 0 Å². The number of nitrogens with one attached hydrogen (secondary N) is 1. The molecule has 2 aromatic rings. The van der Waals surface area contributed by atoms with E-state index in [1.165, 1.54) is 26.0 Å². The zero-order chi connectivity index (χ0) is 28.3. The molecule has 7 atom stereocenters. The van der Waals surface area contributed by atoms with Crippen molar-refractivity contribution in [3.05, 3.63) is 63.4 Å². The molecule has 0 radical (unpaired) electrons. The number of hydrogen-bond acceptors (Lipinski definition) is 10. The lowest BCUT2D eigenvalue weighted by molar-refractivity contribution is -0.151. The van der Waals surface area contributed by atoms with Crippen molar-refractivity contribution in [2.24, 2.45) is 5.92 Å². The highest BCUT2D eigenvalue weighted by molar-refractivity contribution is 7.54. The Balaban J connectivity index is 1.89. The number of carbonyl (C=O) groups is 1. The SMILES string of the molecule is CC(C)OC(=O)[C@H](C)C[P@@](=O)(Oc1ccccc1)O[C@@H](C)[C@H]1O[C@@H](n2ccc(=O)[nH]c2=O)C(O)(CF)[C@H]1O. The number of hydrogen-bond donors (Lipinski definition) is 3. The van der Waals surface area contributed by atoms with Crippen molar-refractivity contribution in [3.8, 4) is 5.75 Å². The number of nitrogens with zero attached hydrogens (tertiary/aromatic N) is 1. The molecule has 0 saturated carbocycles. The van der Waals surface area contributed by atoms with Crippen molar-refractivity contribution in [1.29, 1.82) is 0 Å².